The van der Waals surface area contributed by atoms with E-state index in [4.69, 9.17) is 4.74 Å². The van der Waals surface area contributed by atoms with Gasteiger partial charge in [-0.2, -0.15) is 0 Å². The number of carbonyl (C=O) groups excluding carboxylic acids is 2. The topological polar surface area (TPSA) is 43.4 Å². The van der Waals surface area contributed by atoms with Crippen molar-refractivity contribution in [2.24, 2.45) is 5.41 Å². The van der Waals surface area contributed by atoms with Gasteiger partial charge in [0.25, 0.3) is 0 Å². The lowest BCUT2D eigenvalue weighted by Gasteiger charge is -2.23. The summed E-state index contributed by atoms with van der Waals surface area (Å²) in [7, 11) is 1.37. The fourth-order valence-electron chi connectivity index (χ4n) is 2.23. The largest absolute Gasteiger partial charge is 0.468 e. The summed E-state index contributed by atoms with van der Waals surface area (Å²) in [5.74, 6) is -0.235. The van der Waals surface area contributed by atoms with Gasteiger partial charge in [0.15, 0.2) is 0 Å². The number of rotatable bonds is 5. The van der Waals surface area contributed by atoms with Crippen LogP contribution in [0.1, 0.15) is 38.5 Å². The monoisotopic (exact) mass is 324 g/mol. The maximum Gasteiger partial charge on any atom is 0.319 e. The number of hydrogen-bond acceptors (Lipinski definition) is 3. The van der Waals surface area contributed by atoms with Gasteiger partial charge in [0.2, 0.25) is 0 Å². The van der Waals surface area contributed by atoms with Gasteiger partial charge in [-0.3, -0.25) is 9.59 Å². The molecule has 86 valence electrons. The third kappa shape index (κ3) is 2.71. The van der Waals surface area contributed by atoms with Crippen molar-refractivity contribution in [3.63, 3.8) is 0 Å². The fourth-order valence-corrected chi connectivity index (χ4v) is 2.77. The SMILES string of the molecule is COC(=O)C1(CCCCI)CCCC1=O. The molecular weight excluding hydrogens is 307 g/mol. The highest BCUT2D eigenvalue weighted by atomic mass is 127. The smallest absolute Gasteiger partial charge is 0.319 e. The van der Waals surface area contributed by atoms with Crippen LogP contribution in [-0.4, -0.2) is 23.3 Å². The number of esters is 1. The summed E-state index contributed by atoms with van der Waals surface area (Å²) in [4.78, 5) is 23.5. The Labute approximate surface area is 104 Å². The minimum absolute atomic E-state index is 0.0859. The molecule has 1 fully saturated rings. The molecule has 0 N–H and O–H groups in total. The first-order valence-electron chi connectivity index (χ1n) is 5.35. The predicted molar refractivity (Wildman–Crippen MR) is 66.0 cm³/mol. The normalized spacial score (nSPS) is 25.6. The highest BCUT2D eigenvalue weighted by molar-refractivity contribution is 14.1. The van der Waals surface area contributed by atoms with Gasteiger partial charge in [-0.15, -0.1) is 0 Å². The van der Waals surface area contributed by atoms with Gasteiger partial charge in [-0.25, -0.2) is 0 Å². The summed E-state index contributed by atoms with van der Waals surface area (Å²) in [5, 5.41) is 0. The quantitative estimate of drug-likeness (QED) is 0.257. The van der Waals surface area contributed by atoms with Crippen molar-refractivity contribution in [1.29, 1.82) is 0 Å². The molecule has 1 unspecified atom stereocenters. The van der Waals surface area contributed by atoms with E-state index < -0.39 is 5.41 Å². The second kappa shape index (κ2) is 5.82. The van der Waals surface area contributed by atoms with E-state index in [0.29, 0.717) is 19.3 Å². The minimum atomic E-state index is -0.791. The van der Waals surface area contributed by atoms with Crippen LogP contribution < -0.4 is 0 Å². The van der Waals surface area contributed by atoms with Crippen molar-refractivity contribution < 1.29 is 14.3 Å². The molecule has 1 aliphatic carbocycles. The molecule has 0 spiro atoms. The number of halogens is 1. The standard InChI is InChI=1S/C11H17IO3/c1-15-10(14)11(6-2-3-8-12)7-4-5-9(11)13/h2-8H2,1H3. The van der Waals surface area contributed by atoms with E-state index >= 15 is 0 Å². The van der Waals surface area contributed by atoms with E-state index in [0.717, 1.165) is 23.7 Å². The van der Waals surface area contributed by atoms with Crippen molar-refractivity contribution in [2.45, 2.75) is 38.5 Å². The third-order valence-corrected chi connectivity index (χ3v) is 3.87. The van der Waals surface area contributed by atoms with Crippen molar-refractivity contribution in [1.82, 2.24) is 0 Å². The third-order valence-electron chi connectivity index (χ3n) is 3.10. The summed E-state index contributed by atoms with van der Waals surface area (Å²) >= 11 is 2.31. The van der Waals surface area contributed by atoms with Gasteiger partial charge >= 0.3 is 5.97 Å². The summed E-state index contributed by atoms with van der Waals surface area (Å²) in [5.41, 5.74) is -0.791. The molecule has 1 rings (SSSR count). The van der Waals surface area contributed by atoms with Crippen molar-refractivity contribution in [3.05, 3.63) is 0 Å². The molecule has 0 radical (unpaired) electrons. The highest BCUT2D eigenvalue weighted by Gasteiger charge is 2.48. The summed E-state index contributed by atoms with van der Waals surface area (Å²) in [6.45, 7) is 0. The Balaban J connectivity index is 2.68. The van der Waals surface area contributed by atoms with Gasteiger partial charge in [-0.05, 0) is 30.1 Å². The number of ether oxygens (including phenoxy) is 1. The number of carbonyl (C=O) groups is 2. The van der Waals surface area contributed by atoms with Gasteiger partial charge in [0.05, 0.1) is 7.11 Å². The van der Waals surface area contributed by atoms with Gasteiger partial charge in [-0.1, -0.05) is 29.0 Å². The van der Waals surface area contributed by atoms with E-state index in [1.54, 1.807) is 0 Å². The van der Waals surface area contributed by atoms with Crippen molar-refractivity contribution in [3.8, 4) is 0 Å². The minimum Gasteiger partial charge on any atom is -0.468 e. The van der Waals surface area contributed by atoms with E-state index in [-0.39, 0.29) is 11.8 Å². The first kappa shape index (κ1) is 12.9. The first-order valence-corrected chi connectivity index (χ1v) is 6.87. The zero-order chi connectivity index (χ0) is 11.3. The maximum absolute atomic E-state index is 11.8. The molecule has 15 heavy (non-hydrogen) atoms. The number of unbranched alkanes of at least 4 members (excludes halogenated alkanes) is 1. The summed E-state index contributed by atoms with van der Waals surface area (Å²) in [6, 6.07) is 0. The van der Waals surface area contributed by atoms with Gasteiger partial charge in [0, 0.05) is 6.42 Å². The Morgan fingerprint density at radius 2 is 2.27 bits per heavy atom. The van der Waals surface area contributed by atoms with Crippen molar-refractivity contribution in [2.75, 3.05) is 11.5 Å². The zero-order valence-corrected chi connectivity index (χ0v) is 11.2. The number of hydrogen-bond donors (Lipinski definition) is 0. The molecule has 0 aromatic carbocycles. The van der Waals surface area contributed by atoms with Crippen molar-refractivity contribution >= 4 is 34.3 Å². The van der Waals surface area contributed by atoms with Crippen LogP contribution in [0.4, 0.5) is 0 Å². The van der Waals surface area contributed by atoms with Crippen LogP contribution in [-0.2, 0) is 14.3 Å². The Hall–Kier alpha value is -0.130. The number of ketones is 1. The second-order valence-electron chi connectivity index (χ2n) is 4.00. The number of methoxy groups -OCH3 is 1. The van der Waals surface area contributed by atoms with Crippen LogP contribution >= 0.6 is 22.6 Å². The lowest BCUT2D eigenvalue weighted by molar-refractivity contribution is -0.157. The maximum atomic E-state index is 11.8. The van der Waals surface area contributed by atoms with Crippen LogP contribution in [0.2, 0.25) is 0 Å². The van der Waals surface area contributed by atoms with Crippen LogP contribution in [0.3, 0.4) is 0 Å². The van der Waals surface area contributed by atoms with E-state index in [1.165, 1.54) is 7.11 Å². The summed E-state index contributed by atoms with van der Waals surface area (Å²) < 4.78 is 5.85. The number of alkyl halides is 1. The molecular formula is C11H17IO3. The molecule has 1 atom stereocenters. The Morgan fingerprint density at radius 1 is 1.53 bits per heavy atom. The molecule has 0 bridgehead atoms. The van der Waals surface area contributed by atoms with Crippen LogP contribution in [0.25, 0.3) is 0 Å². The van der Waals surface area contributed by atoms with Gasteiger partial charge in [0.1, 0.15) is 11.2 Å². The Morgan fingerprint density at radius 3 is 2.73 bits per heavy atom. The van der Waals surface area contributed by atoms with E-state index in [2.05, 4.69) is 22.6 Å². The molecule has 0 aromatic rings. The average molecular weight is 324 g/mol. The lowest BCUT2D eigenvalue weighted by atomic mass is 9.80. The second-order valence-corrected chi connectivity index (χ2v) is 5.08. The molecule has 0 heterocycles. The molecule has 1 saturated carbocycles. The molecule has 0 amide bonds. The molecule has 0 saturated heterocycles. The fraction of sp³-hybridized carbons (Fsp3) is 0.818. The first-order chi connectivity index (χ1) is 7.17. The van der Waals surface area contributed by atoms with Crippen LogP contribution in [0, 0.1) is 5.41 Å². The van der Waals surface area contributed by atoms with Crippen LogP contribution in [0.15, 0.2) is 0 Å². The highest BCUT2D eigenvalue weighted by Crippen LogP contribution is 2.40. The molecule has 4 heteroatoms. The van der Waals surface area contributed by atoms with Gasteiger partial charge < -0.3 is 4.74 Å². The molecule has 0 aromatic heterocycles. The lowest BCUT2D eigenvalue weighted by Crippen LogP contribution is -2.36. The van der Waals surface area contributed by atoms with Crippen LogP contribution in [0.5, 0.6) is 0 Å². The van der Waals surface area contributed by atoms with E-state index in [1.807, 2.05) is 0 Å². The Kier molecular flexibility index (Phi) is 5.02. The zero-order valence-electron chi connectivity index (χ0n) is 9.05. The molecule has 1 aliphatic rings. The molecule has 3 nitrogen and oxygen atoms in total. The summed E-state index contributed by atoms with van der Waals surface area (Å²) in [6.07, 6.45) is 4.72. The van der Waals surface area contributed by atoms with E-state index in [9.17, 15) is 9.59 Å². The number of Topliss-reactive ketones (excluding diaryl/α,β-unsaturated/α-hetero) is 1. The average Bonchev–Trinajstić information content (AvgIpc) is 2.61. The predicted octanol–water partition coefficient (Wildman–Crippen LogP) is 2.50. The Bertz CT molecular complexity index is 252. The molecule has 0 aliphatic heterocycles.